The third-order valence-electron chi connectivity index (χ3n) is 3.65. The minimum Gasteiger partial charge on any atom is -0.479 e. The van der Waals surface area contributed by atoms with E-state index in [9.17, 15) is 9.18 Å². The summed E-state index contributed by atoms with van der Waals surface area (Å²) in [5.74, 6) is -1.20. The molecule has 0 aliphatic rings. The Morgan fingerprint density at radius 3 is 2.52 bits per heavy atom. The fourth-order valence-electron chi connectivity index (χ4n) is 2.47. The van der Waals surface area contributed by atoms with E-state index in [2.05, 4.69) is 4.98 Å². The van der Waals surface area contributed by atoms with Gasteiger partial charge in [0, 0.05) is 23.2 Å². The zero-order valence-corrected chi connectivity index (χ0v) is 14.5. The molecular weight excluding hydrogens is 368 g/mol. The van der Waals surface area contributed by atoms with Gasteiger partial charge in [0.2, 0.25) is 0 Å². The van der Waals surface area contributed by atoms with Crippen LogP contribution in [0.3, 0.4) is 0 Å². The summed E-state index contributed by atoms with van der Waals surface area (Å²) in [5.41, 5.74) is 1.77. The van der Waals surface area contributed by atoms with E-state index in [1.165, 1.54) is 19.1 Å². The number of aliphatic carboxylic acids is 1. The molecule has 0 saturated carbocycles. The molecular formula is C18H12Cl2FNO3. The molecule has 0 radical (unpaired) electrons. The number of carboxylic acid groups (broad SMARTS) is 1. The van der Waals surface area contributed by atoms with Crippen molar-refractivity contribution in [2.24, 2.45) is 0 Å². The SMILES string of the molecule is CC(Oc1ccc2c(-c3c(Cl)cc(F)cc3Cl)ccnc2c1)C(=O)O. The number of hydrogen-bond acceptors (Lipinski definition) is 3. The average molecular weight is 380 g/mol. The molecule has 0 fully saturated rings. The molecule has 1 N–H and O–H groups in total. The highest BCUT2D eigenvalue weighted by atomic mass is 35.5. The number of rotatable bonds is 4. The van der Waals surface area contributed by atoms with Crippen LogP contribution in [0.5, 0.6) is 5.75 Å². The van der Waals surface area contributed by atoms with Crippen molar-refractivity contribution in [2.75, 3.05) is 0 Å². The van der Waals surface area contributed by atoms with Gasteiger partial charge in [0.1, 0.15) is 11.6 Å². The summed E-state index contributed by atoms with van der Waals surface area (Å²) in [4.78, 5) is 15.2. The number of nitrogens with zero attached hydrogens (tertiary/aromatic N) is 1. The van der Waals surface area contributed by atoms with Crippen LogP contribution in [0.4, 0.5) is 4.39 Å². The zero-order valence-electron chi connectivity index (χ0n) is 13.0. The molecule has 0 spiro atoms. The first-order valence-electron chi connectivity index (χ1n) is 7.30. The lowest BCUT2D eigenvalue weighted by atomic mass is 10.0. The Hall–Kier alpha value is -2.37. The molecule has 0 bridgehead atoms. The van der Waals surface area contributed by atoms with Gasteiger partial charge in [0.15, 0.2) is 6.10 Å². The lowest BCUT2D eigenvalue weighted by molar-refractivity contribution is -0.144. The minimum absolute atomic E-state index is 0.192. The van der Waals surface area contributed by atoms with E-state index in [-0.39, 0.29) is 10.0 Å². The van der Waals surface area contributed by atoms with Gasteiger partial charge in [-0.15, -0.1) is 0 Å². The predicted octanol–water partition coefficient (Wildman–Crippen LogP) is 5.20. The Morgan fingerprint density at radius 2 is 1.88 bits per heavy atom. The second-order valence-electron chi connectivity index (χ2n) is 5.38. The summed E-state index contributed by atoms with van der Waals surface area (Å²) in [7, 11) is 0. The first-order valence-corrected chi connectivity index (χ1v) is 8.05. The van der Waals surface area contributed by atoms with Crippen molar-refractivity contribution in [3.05, 3.63) is 58.5 Å². The molecule has 0 saturated heterocycles. The van der Waals surface area contributed by atoms with Crippen LogP contribution in [0.15, 0.2) is 42.6 Å². The Bertz CT molecular complexity index is 955. The van der Waals surface area contributed by atoms with Crippen molar-refractivity contribution in [3.8, 4) is 16.9 Å². The van der Waals surface area contributed by atoms with Gasteiger partial charge in [-0.1, -0.05) is 23.2 Å². The van der Waals surface area contributed by atoms with Crippen LogP contribution in [-0.2, 0) is 4.79 Å². The van der Waals surface area contributed by atoms with Crippen molar-refractivity contribution in [1.29, 1.82) is 0 Å². The largest absolute Gasteiger partial charge is 0.479 e. The molecule has 0 aliphatic carbocycles. The second kappa shape index (κ2) is 6.86. The highest BCUT2D eigenvalue weighted by Gasteiger charge is 2.16. The molecule has 3 rings (SSSR count). The number of carbonyl (C=O) groups is 1. The first-order chi connectivity index (χ1) is 11.9. The molecule has 0 aliphatic heterocycles. The minimum atomic E-state index is -1.06. The van der Waals surface area contributed by atoms with E-state index in [0.717, 1.165) is 5.39 Å². The lowest BCUT2D eigenvalue weighted by Crippen LogP contribution is -2.22. The Labute approximate surface area is 152 Å². The topological polar surface area (TPSA) is 59.4 Å². The molecule has 7 heteroatoms. The molecule has 2 aromatic carbocycles. The van der Waals surface area contributed by atoms with E-state index in [1.54, 1.807) is 30.5 Å². The quantitative estimate of drug-likeness (QED) is 0.676. The standard InChI is InChI=1S/C18H12Cl2FNO3/c1-9(18(23)24)25-11-2-3-12-13(4-5-22-16(12)8-11)17-14(19)6-10(21)7-15(17)20/h2-9H,1H3,(H,23,24). The van der Waals surface area contributed by atoms with Gasteiger partial charge >= 0.3 is 5.97 Å². The predicted molar refractivity (Wildman–Crippen MR) is 94.9 cm³/mol. The number of carboxylic acids is 1. The van der Waals surface area contributed by atoms with Gasteiger partial charge < -0.3 is 9.84 Å². The van der Waals surface area contributed by atoms with Crippen molar-refractivity contribution >= 4 is 40.1 Å². The van der Waals surface area contributed by atoms with Crippen molar-refractivity contribution in [2.45, 2.75) is 13.0 Å². The number of benzene rings is 2. The highest BCUT2D eigenvalue weighted by Crippen LogP contribution is 2.39. The Morgan fingerprint density at radius 1 is 1.20 bits per heavy atom. The maximum absolute atomic E-state index is 13.4. The molecule has 128 valence electrons. The number of ether oxygens (including phenoxy) is 1. The summed E-state index contributed by atoms with van der Waals surface area (Å²) in [6.45, 7) is 1.44. The Balaban J connectivity index is 2.11. The van der Waals surface area contributed by atoms with E-state index in [4.69, 9.17) is 33.0 Å². The zero-order chi connectivity index (χ0) is 18.1. The molecule has 25 heavy (non-hydrogen) atoms. The van der Waals surface area contributed by atoms with E-state index < -0.39 is 17.9 Å². The van der Waals surface area contributed by atoms with Crippen LogP contribution in [-0.4, -0.2) is 22.2 Å². The van der Waals surface area contributed by atoms with E-state index in [1.807, 2.05) is 0 Å². The number of fused-ring (bicyclic) bond motifs is 1. The third-order valence-corrected chi connectivity index (χ3v) is 4.25. The fraction of sp³-hybridized carbons (Fsp3) is 0.111. The van der Waals surface area contributed by atoms with Gasteiger partial charge in [-0.05, 0) is 42.8 Å². The molecule has 1 unspecified atom stereocenters. The molecule has 1 heterocycles. The number of halogens is 3. The van der Waals surface area contributed by atoms with Crippen LogP contribution in [0.25, 0.3) is 22.0 Å². The van der Waals surface area contributed by atoms with E-state index >= 15 is 0 Å². The van der Waals surface area contributed by atoms with Gasteiger partial charge in [-0.3, -0.25) is 4.98 Å². The fourth-order valence-corrected chi connectivity index (χ4v) is 3.14. The van der Waals surface area contributed by atoms with Crippen LogP contribution >= 0.6 is 23.2 Å². The highest BCUT2D eigenvalue weighted by molar-refractivity contribution is 6.39. The Kier molecular flexibility index (Phi) is 4.79. The van der Waals surface area contributed by atoms with Crippen molar-refractivity contribution < 1.29 is 19.0 Å². The van der Waals surface area contributed by atoms with Crippen LogP contribution in [0.2, 0.25) is 10.0 Å². The molecule has 0 amide bonds. The average Bonchev–Trinajstić information content (AvgIpc) is 2.53. The lowest BCUT2D eigenvalue weighted by Gasteiger charge is -2.13. The molecule has 1 aromatic heterocycles. The van der Waals surface area contributed by atoms with E-state index in [0.29, 0.717) is 22.4 Å². The molecule has 1 atom stereocenters. The van der Waals surface area contributed by atoms with Crippen LogP contribution < -0.4 is 4.74 Å². The normalized spacial score (nSPS) is 12.2. The monoisotopic (exact) mass is 379 g/mol. The van der Waals surface area contributed by atoms with Crippen LogP contribution in [0, 0.1) is 5.82 Å². The van der Waals surface area contributed by atoms with Gasteiger partial charge in [0.05, 0.1) is 15.6 Å². The molecule has 3 aromatic rings. The molecule has 4 nitrogen and oxygen atoms in total. The number of pyridine rings is 1. The maximum Gasteiger partial charge on any atom is 0.344 e. The summed E-state index contributed by atoms with van der Waals surface area (Å²) in [6, 6.07) is 9.12. The summed E-state index contributed by atoms with van der Waals surface area (Å²) in [5, 5.41) is 10.0. The van der Waals surface area contributed by atoms with Gasteiger partial charge in [-0.2, -0.15) is 0 Å². The second-order valence-corrected chi connectivity index (χ2v) is 6.19. The first kappa shape index (κ1) is 17.5. The number of aromatic nitrogens is 1. The van der Waals surface area contributed by atoms with Gasteiger partial charge in [0.25, 0.3) is 0 Å². The summed E-state index contributed by atoms with van der Waals surface area (Å²) in [6.07, 6.45) is 0.583. The summed E-state index contributed by atoms with van der Waals surface area (Å²) >= 11 is 12.3. The van der Waals surface area contributed by atoms with Crippen molar-refractivity contribution in [1.82, 2.24) is 4.98 Å². The smallest absolute Gasteiger partial charge is 0.344 e. The third kappa shape index (κ3) is 3.52. The maximum atomic E-state index is 13.4. The van der Waals surface area contributed by atoms with Crippen molar-refractivity contribution in [3.63, 3.8) is 0 Å². The summed E-state index contributed by atoms with van der Waals surface area (Å²) < 4.78 is 18.8. The van der Waals surface area contributed by atoms with Crippen LogP contribution in [0.1, 0.15) is 6.92 Å². The number of hydrogen-bond donors (Lipinski definition) is 1. The van der Waals surface area contributed by atoms with Gasteiger partial charge in [-0.25, -0.2) is 9.18 Å².